The van der Waals surface area contributed by atoms with Crippen LogP contribution in [0.5, 0.6) is 0 Å². The van der Waals surface area contributed by atoms with E-state index in [0.29, 0.717) is 5.56 Å². The van der Waals surface area contributed by atoms with Gasteiger partial charge < -0.3 is 5.11 Å². The molecule has 1 heterocycles. The molecule has 0 amide bonds. The molecule has 1 saturated heterocycles. The molecule has 0 saturated carbocycles. The molecule has 0 bridgehead atoms. The Bertz CT molecular complexity index is 581. The highest BCUT2D eigenvalue weighted by Crippen LogP contribution is 2.32. The van der Waals surface area contributed by atoms with E-state index in [1.54, 1.807) is 30.3 Å². The zero-order valence-electron chi connectivity index (χ0n) is 11.8. The molecule has 1 aliphatic rings. The van der Waals surface area contributed by atoms with E-state index in [1.807, 2.05) is 0 Å². The number of sulfonamides is 1. The lowest BCUT2D eigenvalue weighted by Gasteiger charge is -2.34. The van der Waals surface area contributed by atoms with Crippen LogP contribution in [0, 0.1) is 5.92 Å². The number of nitrogens with zero attached hydrogens (tertiary/aromatic N) is 1. The molecule has 0 aliphatic carbocycles. The van der Waals surface area contributed by atoms with Gasteiger partial charge in [-0.15, -0.1) is 0 Å². The zero-order chi connectivity index (χ0) is 16.4. The Hall–Kier alpha value is -1.12. The summed E-state index contributed by atoms with van der Waals surface area (Å²) in [5, 5.41) is 9.24. The van der Waals surface area contributed by atoms with Gasteiger partial charge in [-0.1, -0.05) is 30.3 Å². The van der Waals surface area contributed by atoms with E-state index in [0.717, 1.165) is 0 Å². The SMILES string of the molecule is O=S(=O)(Cc1ccccc1)N1CCC(C(O)C(F)(F)F)CC1. The molecular weight excluding hydrogens is 319 g/mol. The lowest BCUT2D eigenvalue weighted by molar-refractivity contribution is -0.222. The van der Waals surface area contributed by atoms with Gasteiger partial charge >= 0.3 is 6.18 Å². The van der Waals surface area contributed by atoms with Crippen molar-refractivity contribution in [3.63, 3.8) is 0 Å². The predicted molar refractivity (Wildman–Crippen MR) is 75.4 cm³/mol. The van der Waals surface area contributed by atoms with Crippen molar-refractivity contribution in [2.24, 2.45) is 5.92 Å². The summed E-state index contributed by atoms with van der Waals surface area (Å²) in [6, 6.07) is 8.63. The number of aliphatic hydroxyl groups is 1. The standard InChI is InChI=1S/C14H18F3NO3S/c15-14(16,17)13(19)12-6-8-18(9-7-12)22(20,21)10-11-4-2-1-3-5-11/h1-5,12-13,19H,6-10H2. The molecule has 0 radical (unpaired) electrons. The predicted octanol–water partition coefficient (Wildman–Crippen LogP) is 2.15. The number of piperidine rings is 1. The fraction of sp³-hybridized carbons (Fsp3) is 0.571. The number of hydrogen-bond acceptors (Lipinski definition) is 3. The summed E-state index contributed by atoms with van der Waals surface area (Å²) in [7, 11) is -3.55. The van der Waals surface area contributed by atoms with Crippen molar-refractivity contribution in [1.29, 1.82) is 0 Å². The minimum Gasteiger partial charge on any atom is -0.383 e. The number of halogens is 3. The molecule has 1 aromatic rings. The van der Waals surface area contributed by atoms with Crippen LogP contribution in [0.1, 0.15) is 18.4 Å². The fourth-order valence-electron chi connectivity index (χ4n) is 2.61. The Labute approximate surface area is 127 Å². The van der Waals surface area contributed by atoms with Crippen LogP contribution in [0.4, 0.5) is 13.2 Å². The van der Waals surface area contributed by atoms with E-state index < -0.39 is 28.2 Å². The van der Waals surface area contributed by atoms with Crippen LogP contribution >= 0.6 is 0 Å². The molecule has 8 heteroatoms. The average Bonchev–Trinajstić information content (AvgIpc) is 2.46. The summed E-state index contributed by atoms with van der Waals surface area (Å²) in [5.74, 6) is -1.11. The van der Waals surface area contributed by atoms with E-state index in [4.69, 9.17) is 0 Å². The van der Waals surface area contributed by atoms with Gasteiger partial charge in [-0.25, -0.2) is 12.7 Å². The van der Waals surface area contributed by atoms with Crippen LogP contribution in [-0.4, -0.2) is 43.2 Å². The monoisotopic (exact) mass is 337 g/mol. The van der Waals surface area contributed by atoms with Gasteiger partial charge in [-0.05, 0) is 24.3 Å². The molecule has 1 aliphatic heterocycles. The molecule has 22 heavy (non-hydrogen) atoms. The number of hydrogen-bond donors (Lipinski definition) is 1. The lowest BCUT2D eigenvalue weighted by Crippen LogP contribution is -2.45. The summed E-state index contributed by atoms with van der Waals surface area (Å²) in [6.45, 7) is 0.0138. The van der Waals surface area contributed by atoms with Crippen molar-refractivity contribution >= 4 is 10.0 Å². The van der Waals surface area contributed by atoms with Crippen LogP contribution in [0.2, 0.25) is 0 Å². The van der Waals surface area contributed by atoms with Crippen molar-refractivity contribution in [2.45, 2.75) is 30.9 Å². The Morgan fingerprint density at radius 1 is 1.18 bits per heavy atom. The van der Waals surface area contributed by atoms with E-state index in [1.165, 1.54) is 4.31 Å². The Balaban J connectivity index is 1.96. The average molecular weight is 337 g/mol. The summed E-state index contributed by atoms with van der Waals surface area (Å²) < 4.78 is 63.2. The highest BCUT2D eigenvalue weighted by Gasteiger charge is 2.44. The summed E-state index contributed by atoms with van der Waals surface area (Å²) in [5.41, 5.74) is 0.639. The highest BCUT2D eigenvalue weighted by molar-refractivity contribution is 7.88. The van der Waals surface area contributed by atoms with Gasteiger partial charge in [0.2, 0.25) is 10.0 Å². The Morgan fingerprint density at radius 2 is 1.73 bits per heavy atom. The van der Waals surface area contributed by atoms with Crippen molar-refractivity contribution in [3.05, 3.63) is 35.9 Å². The molecule has 0 spiro atoms. The first kappa shape index (κ1) is 17.2. The van der Waals surface area contributed by atoms with Gasteiger partial charge in [0, 0.05) is 13.1 Å². The van der Waals surface area contributed by atoms with Crippen LogP contribution < -0.4 is 0 Å². The van der Waals surface area contributed by atoms with Crippen molar-refractivity contribution in [3.8, 4) is 0 Å². The largest absolute Gasteiger partial charge is 0.414 e. The van der Waals surface area contributed by atoms with Gasteiger partial charge in [0.05, 0.1) is 5.75 Å². The van der Waals surface area contributed by atoms with Crippen molar-refractivity contribution in [2.75, 3.05) is 13.1 Å². The van der Waals surface area contributed by atoms with Gasteiger partial charge in [0.25, 0.3) is 0 Å². The van der Waals surface area contributed by atoms with Crippen molar-refractivity contribution < 1.29 is 26.7 Å². The summed E-state index contributed by atoms with van der Waals surface area (Å²) >= 11 is 0. The summed E-state index contributed by atoms with van der Waals surface area (Å²) in [4.78, 5) is 0. The third kappa shape index (κ3) is 4.21. The van der Waals surface area contributed by atoms with Crippen molar-refractivity contribution in [1.82, 2.24) is 4.31 Å². The molecule has 2 rings (SSSR count). The van der Waals surface area contributed by atoms with Gasteiger partial charge in [0.15, 0.2) is 6.10 Å². The number of aliphatic hydroxyl groups excluding tert-OH is 1. The molecule has 1 fully saturated rings. The number of rotatable bonds is 4. The second-order valence-corrected chi connectivity index (χ2v) is 7.43. The normalized spacial score (nSPS) is 20.0. The molecule has 124 valence electrons. The summed E-state index contributed by atoms with van der Waals surface area (Å²) in [6.07, 6.45) is -7.02. The van der Waals surface area contributed by atoms with Crippen LogP contribution in [0.25, 0.3) is 0 Å². The van der Waals surface area contributed by atoms with Gasteiger partial charge in [-0.2, -0.15) is 13.2 Å². The maximum absolute atomic E-state index is 12.5. The van der Waals surface area contributed by atoms with Gasteiger partial charge in [-0.3, -0.25) is 0 Å². The molecular formula is C14H18F3NO3S. The maximum atomic E-state index is 12.5. The quantitative estimate of drug-likeness (QED) is 0.916. The van der Waals surface area contributed by atoms with Crippen LogP contribution in [0.3, 0.4) is 0 Å². The lowest BCUT2D eigenvalue weighted by atomic mass is 9.92. The van der Waals surface area contributed by atoms with E-state index in [2.05, 4.69) is 0 Å². The fourth-order valence-corrected chi connectivity index (χ4v) is 4.18. The van der Waals surface area contributed by atoms with Crippen LogP contribution in [-0.2, 0) is 15.8 Å². The first-order chi connectivity index (χ1) is 10.2. The third-order valence-electron chi connectivity index (χ3n) is 3.87. The Kier molecular flexibility index (Phi) is 5.14. The van der Waals surface area contributed by atoms with Gasteiger partial charge in [0.1, 0.15) is 0 Å². The molecule has 1 atom stereocenters. The number of alkyl halides is 3. The minimum absolute atomic E-state index is 0.00692. The van der Waals surface area contributed by atoms with E-state index >= 15 is 0 Å². The molecule has 1 unspecified atom stereocenters. The van der Waals surface area contributed by atoms with Crippen LogP contribution in [0.15, 0.2) is 30.3 Å². The highest BCUT2D eigenvalue weighted by atomic mass is 32.2. The second kappa shape index (κ2) is 6.55. The molecule has 1 aromatic carbocycles. The first-order valence-electron chi connectivity index (χ1n) is 6.96. The smallest absolute Gasteiger partial charge is 0.383 e. The molecule has 4 nitrogen and oxygen atoms in total. The minimum atomic E-state index is -4.66. The first-order valence-corrected chi connectivity index (χ1v) is 8.57. The topological polar surface area (TPSA) is 57.6 Å². The number of benzene rings is 1. The third-order valence-corrected chi connectivity index (χ3v) is 5.72. The van der Waals surface area contributed by atoms with E-state index in [-0.39, 0.29) is 31.7 Å². The second-order valence-electron chi connectivity index (χ2n) is 5.46. The maximum Gasteiger partial charge on any atom is 0.414 e. The van der Waals surface area contributed by atoms with E-state index in [9.17, 15) is 26.7 Å². The Morgan fingerprint density at radius 3 is 2.23 bits per heavy atom. The zero-order valence-corrected chi connectivity index (χ0v) is 12.6. The molecule has 1 N–H and O–H groups in total. The molecule has 0 aromatic heterocycles.